The van der Waals surface area contributed by atoms with Gasteiger partial charge in [-0.05, 0) is 104 Å². The van der Waals surface area contributed by atoms with Crippen LogP contribution >= 0.6 is 0 Å². The van der Waals surface area contributed by atoms with E-state index in [0.717, 1.165) is 31.1 Å². The van der Waals surface area contributed by atoms with E-state index in [2.05, 4.69) is 47.6 Å². The Hall–Kier alpha value is -0.790. The number of allylic oxidation sites excluding steroid dienone is 2. The summed E-state index contributed by atoms with van der Waals surface area (Å²) in [6.07, 6.45) is 16.3. The van der Waals surface area contributed by atoms with Crippen LogP contribution in [0.5, 0.6) is 0 Å². The minimum absolute atomic E-state index is 0.155. The molecule has 0 aliphatic heterocycles. The Morgan fingerprint density at radius 2 is 1.65 bits per heavy atom. The lowest BCUT2D eigenvalue weighted by atomic mass is 9.33. The summed E-state index contributed by atoms with van der Waals surface area (Å²) < 4.78 is 0. The van der Waals surface area contributed by atoms with Gasteiger partial charge in [-0.25, -0.2) is 0 Å². The molecule has 2 nitrogen and oxygen atoms in total. The average Bonchev–Trinajstić information content (AvgIpc) is 2.68. The predicted octanol–water partition coefficient (Wildman–Crippen LogP) is 7.87. The summed E-state index contributed by atoms with van der Waals surface area (Å²) in [6.45, 7) is 15.0. The lowest BCUT2D eigenvalue weighted by molar-refractivity contribution is -0.195. The van der Waals surface area contributed by atoms with Gasteiger partial charge >= 0.3 is 5.97 Å². The fraction of sp³-hybridized carbons (Fsp3) is 0.897. The van der Waals surface area contributed by atoms with Gasteiger partial charge in [-0.2, -0.15) is 0 Å². The number of carbonyl (C=O) groups is 1. The van der Waals surface area contributed by atoms with E-state index in [1.807, 2.05) is 5.57 Å². The molecule has 0 heterocycles. The second-order valence-corrected chi connectivity index (χ2v) is 13.9. The Balaban J connectivity index is 1.59. The van der Waals surface area contributed by atoms with Gasteiger partial charge in [-0.1, -0.05) is 65.5 Å². The molecular weight excluding hydrogens is 380 g/mol. The lowest BCUT2D eigenvalue weighted by Crippen LogP contribution is -2.64. The van der Waals surface area contributed by atoms with Gasteiger partial charge < -0.3 is 5.11 Å². The maximum atomic E-state index is 12.4. The summed E-state index contributed by atoms with van der Waals surface area (Å²) in [7, 11) is 0. The van der Waals surface area contributed by atoms with Crippen LogP contribution < -0.4 is 0 Å². The third-order valence-corrected chi connectivity index (χ3v) is 12.7. The maximum Gasteiger partial charge on any atom is 0.309 e. The molecule has 0 bridgehead atoms. The predicted molar refractivity (Wildman–Crippen MR) is 127 cm³/mol. The number of fused-ring (bicyclic) bond motifs is 7. The summed E-state index contributed by atoms with van der Waals surface area (Å²) in [6, 6.07) is 0. The van der Waals surface area contributed by atoms with Gasteiger partial charge in [0.05, 0.1) is 5.41 Å². The summed E-state index contributed by atoms with van der Waals surface area (Å²) in [5.41, 5.74) is 2.53. The monoisotopic (exact) mass is 426 g/mol. The molecular formula is C29H46O2. The summed E-state index contributed by atoms with van der Waals surface area (Å²) >= 11 is 0. The molecule has 0 radical (unpaired) electrons. The van der Waals surface area contributed by atoms with Crippen molar-refractivity contribution in [3.63, 3.8) is 0 Å². The van der Waals surface area contributed by atoms with Crippen molar-refractivity contribution in [2.24, 2.45) is 50.7 Å². The Kier molecular flexibility index (Phi) is 4.71. The van der Waals surface area contributed by atoms with E-state index < -0.39 is 11.4 Å². The van der Waals surface area contributed by atoms with Crippen molar-refractivity contribution in [2.45, 2.75) is 112 Å². The summed E-state index contributed by atoms with van der Waals surface area (Å²) in [5.74, 6) is 1.97. The van der Waals surface area contributed by atoms with Crippen LogP contribution in [0.4, 0.5) is 0 Å². The minimum atomic E-state index is -0.547. The second kappa shape index (κ2) is 6.63. The molecule has 1 N–H and O–H groups in total. The van der Waals surface area contributed by atoms with Gasteiger partial charge in [0.2, 0.25) is 0 Å². The van der Waals surface area contributed by atoms with Gasteiger partial charge in [-0.15, -0.1) is 0 Å². The maximum absolute atomic E-state index is 12.4. The molecule has 0 spiro atoms. The molecule has 9 atom stereocenters. The first-order valence-corrected chi connectivity index (χ1v) is 13.4. The Labute approximate surface area is 190 Å². The first-order chi connectivity index (χ1) is 14.4. The van der Waals surface area contributed by atoms with Crippen LogP contribution in [0.3, 0.4) is 0 Å². The van der Waals surface area contributed by atoms with E-state index in [-0.39, 0.29) is 10.8 Å². The highest BCUT2D eigenvalue weighted by molar-refractivity contribution is 5.75. The largest absolute Gasteiger partial charge is 0.481 e. The van der Waals surface area contributed by atoms with Crippen LogP contribution in [0.15, 0.2) is 11.6 Å². The van der Waals surface area contributed by atoms with Crippen molar-refractivity contribution in [2.75, 3.05) is 0 Å². The molecule has 7 unspecified atom stereocenters. The molecule has 5 aliphatic carbocycles. The zero-order valence-corrected chi connectivity index (χ0v) is 21.0. The number of hydrogen-bond acceptors (Lipinski definition) is 1. The number of hydrogen-bond donors (Lipinski definition) is 1. The lowest BCUT2D eigenvalue weighted by Gasteiger charge is -2.70. The van der Waals surface area contributed by atoms with Crippen molar-refractivity contribution in [1.29, 1.82) is 0 Å². The van der Waals surface area contributed by atoms with E-state index in [1.54, 1.807) is 0 Å². The first kappa shape index (κ1) is 22.0. The topological polar surface area (TPSA) is 37.3 Å². The van der Waals surface area contributed by atoms with Gasteiger partial charge in [0.15, 0.2) is 0 Å². The van der Waals surface area contributed by atoms with Crippen LogP contribution in [-0.4, -0.2) is 11.1 Å². The number of aliphatic carboxylic acids is 1. The normalized spacial score (nSPS) is 56.4. The van der Waals surface area contributed by atoms with Gasteiger partial charge in [0.1, 0.15) is 0 Å². The molecule has 4 saturated carbocycles. The fourth-order valence-electron chi connectivity index (χ4n) is 10.8. The third-order valence-electron chi connectivity index (χ3n) is 12.7. The zero-order chi connectivity index (χ0) is 22.4. The molecule has 31 heavy (non-hydrogen) atoms. The number of carboxylic acid groups (broad SMARTS) is 1. The molecule has 5 rings (SSSR count). The minimum Gasteiger partial charge on any atom is -0.481 e. The third kappa shape index (κ3) is 2.60. The number of carboxylic acids is 1. The van der Waals surface area contributed by atoms with Crippen molar-refractivity contribution in [1.82, 2.24) is 0 Å². The smallest absolute Gasteiger partial charge is 0.309 e. The van der Waals surface area contributed by atoms with Crippen molar-refractivity contribution in [3.05, 3.63) is 11.6 Å². The van der Waals surface area contributed by atoms with Crippen LogP contribution in [0.1, 0.15) is 112 Å². The van der Waals surface area contributed by atoms with Gasteiger partial charge in [0.25, 0.3) is 0 Å². The van der Waals surface area contributed by atoms with Crippen LogP contribution in [0, 0.1) is 50.7 Å². The highest BCUT2D eigenvalue weighted by atomic mass is 16.4. The molecule has 4 fully saturated rings. The van der Waals surface area contributed by atoms with Crippen molar-refractivity contribution in [3.8, 4) is 0 Å². The molecule has 5 aliphatic rings. The molecule has 0 aromatic heterocycles. The van der Waals surface area contributed by atoms with E-state index >= 15 is 0 Å². The van der Waals surface area contributed by atoms with Crippen LogP contribution in [0.2, 0.25) is 0 Å². The van der Waals surface area contributed by atoms with Crippen LogP contribution in [0.25, 0.3) is 0 Å². The van der Waals surface area contributed by atoms with E-state index in [4.69, 9.17) is 0 Å². The quantitative estimate of drug-likeness (QED) is 0.433. The van der Waals surface area contributed by atoms with Gasteiger partial charge in [-0.3, -0.25) is 4.79 Å². The number of rotatable bonds is 1. The Bertz CT molecular complexity index is 814. The summed E-state index contributed by atoms with van der Waals surface area (Å²) in [4.78, 5) is 12.4. The van der Waals surface area contributed by atoms with E-state index in [9.17, 15) is 9.90 Å². The van der Waals surface area contributed by atoms with Crippen LogP contribution in [-0.2, 0) is 4.79 Å². The molecule has 0 saturated heterocycles. The average molecular weight is 427 g/mol. The highest BCUT2D eigenvalue weighted by Gasteiger charge is 2.68. The van der Waals surface area contributed by atoms with E-state index in [0.29, 0.717) is 22.7 Å². The van der Waals surface area contributed by atoms with Crippen molar-refractivity contribution >= 4 is 5.97 Å². The Morgan fingerprint density at radius 3 is 2.35 bits per heavy atom. The zero-order valence-electron chi connectivity index (χ0n) is 21.0. The fourth-order valence-corrected chi connectivity index (χ4v) is 10.8. The Morgan fingerprint density at radius 1 is 0.903 bits per heavy atom. The SMILES string of the molecule is CC1CCCC2(C)CC[C@]3(C)C(=CCC4C5(C)CCC[C@](C)(C(=O)O)C5CCC43C)C12. The highest BCUT2D eigenvalue weighted by Crippen LogP contribution is 2.75. The molecule has 2 heteroatoms. The molecule has 0 aromatic rings. The van der Waals surface area contributed by atoms with E-state index in [1.165, 1.54) is 51.4 Å². The first-order valence-electron chi connectivity index (χ1n) is 13.4. The van der Waals surface area contributed by atoms with Gasteiger partial charge in [0, 0.05) is 0 Å². The molecule has 174 valence electrons. The molecule has 0 aromatic carbocycles. The molecule has 0 amide bonds. The van der Waals surface area contributed by atoms with Crippen molar-refractivity contribution < 1.29 is 9.90 Å². The standard InChI is InChI=1S/C29H46O2/c1-19-9-7-13-25(2)17-18-28(5)20(23(19)25)10-11-22-26(3)14-8-15-27(4,24(30)31)21(26)12-16-29(22,28)6/h10,19,21-23H,7-9,11-18H2,1-6H3,(H,30,31)/t19?,21?,22?,23?,25?,26?,27-,28+,29?/m0/s1. The second-order valence-electron chi connectivity index (χ2n) is 13.9. The summed E-state index contributed by atoms with van der Waals surface area (Å²) in [5, 5.41) is 10.2.